The quantitative estimate of drug-likeness (QED) is 0.528. The first-order valence-corrected chi connectivity index (χ1v) is 8.59. The van der Waals surface area contributed by atoms with Crippen LogP contribution in [0.4, 0.5) is 4.39 Å². The van der Waals surface area contributed by atoms with Crippen molar-refractivity contribution >= 4 is 43.6 Å². The molecule has 0 bridgehead atoms. The summed E-state index contributed by atoms with van der Waals surface area (Å²) in [4.78, 5) is 11.9. The van der Waals surface area contributed by atoms with Gasteiger partial charge in [0.15, 0.2) is 0 Å². The summed E-state index contributed by atoms with van der Waals surface area (Å²) >= 11 is 3.49. The Morgan fingerprint density at radius 3 is 2.60 bits per heavy atom. The van der Waals surface area contributed by atoms with Crippen LogP contribution in [-0.2, 0) is 6.54 Å². The van der Waals surface area contributed by atoms with Crippen LogP contribution in [0.3, 0.4) is 0 Å². The summed E-state index contributed by atoms with van der Waals surface area (Å²) in [6, 6.07) is 18.0. The number of halogens is 2. The molecule has 124 valence electrons. The van der Waals surface area contributed by atoms with Gasteiger partial charge in [0.2, 0.25) is 5.91 Å². The molecule has 1 amide bonds. The van der Waals surface area contributed by atoms with Crippen LogP contribution < -0.4 is 5.73 Å². The zero-order valence-corrected chi connectivity index (χ0v) is 14.8. The number of hydrogen-bond acceptors (Lipinski definition) is 1. The third kappa shape index (κ3) is 2.61. The van der Waals surface area contributed by atoms with Gasteiger partial charge in [-0.3, -0.25) is 4.79 Å². The molecule has 5 heteroatoms. The minimum atomic E-state index is -0.458. The minimum absolute atomic E-state index is 0.281. The molecule has 0 unspecified atom stereocenters. The first kappa shape index (κ1) is 15.8. The van der Waals surface area contributed by atoms with Crippen LogP contribution in [0.2, 0.25) is 0 Å². The van der Waals surface area contributed by atoms with Crippen molar-refractivity contribution in [2.24, 2.45) is 5.73 Å². The second-order valence-electron chi connectivity index (χ2n) is 5.90. The second kappa shape index (κ2) is 6.01. The average molecular weight is 397 g/mol. The molecule has 3 aromatic carbocycles. The molecule has 2 N–H and O–H groups in total. The Kier molecular flexibility index (Phi) is 3.81. The molecule has 0 aliphatic heterocycles. The van der Waals surface area contributed by atoms with Crippen LogP contribution >= 0.6 is 15.9 Å². The number of para-hydroxylation sites is 1. The monoisotopic (exact) mass is 396 g/mol. The molecule has 0 aliphatic rings. The maximum atomic E-state index is 13.7. The number of hydrogen-bond donors (Lipinski definition) is 1. The van der Waals surface area contributed by atoms with Gasteiger partial charge in [0.05, 0.1) is 5.52 Å². The van der Waals surface area contributed by atoms with Crippen molar-refractivity contribution in [3.63, 3.8) is 0 Å². The summed E-state index contributed by atoms with van der Waals surface area (Å²) < 4.78 is 16.6. The Hall–Kier alpha value is -2.66. The third-order valence-corrected chi connectivity index (χ3v) is 5.17. The predicted molar refractivity (Wildman–Crippen MR) is 101 cm³/mol. The maximum absolute atomic E-state index is 13.7. The second-order valence-corrected chi connectivity index (χ2v) is 6.76. The zero-order valence-electron chi connectivity index (χ0n) is 13.2. The summed E-state index contributed by atoms with van der Waals surface area (Å²) in [5.41, 5.74) is 8.76. The van der Waals surface area contributed by atoms with Crippen LogP contribution in [0.15, 0.2) is 65.1 Å². The van der Waals surface area contributed by atoms with Gasteiger partial charge in [0.1, 0.15) is 5.82 Å². The van der Waals surface area contributed by atoms with Crippen molar-refractivity contribution in [1.29, 1.82) is 0 Å². The van der Waals surface area contributed by atoms with Gasteiger partial charge in [-0.15, -0.1) is 0 Å². The molecule has 0 aliphatic carbocycles. The Bertz CT molecular complexity index is 1130. The number of amides is 1. The highest BCUT2D eigenvalue weighted by Gasteiger charge is 2.16. The first-order valence-electron chi connectivity index (χ1n) is 7.80. The van der Waals surface area contributed by atoms with Crippen molar-refractivity contribution in [2.45, 2.75) is 6.54 Å². The number of primary amides is 1. The largest absolute Gasteiger partial charge is 0.366 e. The molecule has 3 nitrogen and oxygen atoms in total. The number of carbonyl (C=O) groups is 1. The van der Waals surface area contributed by atoms with E-state index in [9.17, 15) is 9.18 Å². The summed E-state index contributed by atoms with van der Waals surface area (Å²) in [5.74, 6) is -0.739. The van der Waals surface area contributed by atoms with Gasteiger partial charge >= 0.3 is 0 Å². The van der Waals surface area contributed by atoms with Crippen LogP contribution in [0.1, 0.15) is 15.9 Å². The Morgan fingerprint density at radius 1 is 1.04 bits per heavy atom. The fourth-order valence-corrected chi connectivity index (χ4v) is 3.68. The average Bonchev–Trinajstić information content (AvgIpc) is 2.92. The fourth-order valence-electron chi connectivity index (χ4n) is 3.31. The molecule has 0 radical (unpaired) electrons. The van der Waals surface area contributed by atoms with Crippen molar-refractivity contribution < 1.29 is 9.18 Å². The van der Waals surface area contributed by atoms with Gasteiger partial charge in [-0.2, -0.15) is 0 Å². The van der Waals surface area contributed by atoms with Crippen LogP contribution in [0, 0.1) is 5.82 Å². The smallest absolute Gasteiger partial charge is 0.249 e. The number of fused-ring (bicyclic) bond motifs is 3. The lowest BCUT2D eigenvalue weighted by Crippen LogP contribution is -2.11. The number of aromatic nitrogens is 1. The van der Waals surface area contributed by atoms with Crippen LogP contribution in [0.25, 0.3) is 21.8 Å². The number of rotatable bonds is 3. The number of carbonyl (C=O) groups excluding carboxylic acids is 1. The predicted octanol–water partition coefficient (Wildman–Crippen LogP) is 4.84. The summed E-state index contributed by atoms with van der Waals surface area (Å²) in [5, 5.41) is 1.79. The van der Waals surface area contributed by atoms with Gasteiger partial charge in [-0.05, 0) is 42.0 Å². The van der Waals surface area contributed by atoms with Gasteiger partial charge in [0.25, 0.3) is 0 Å². The molecular weight excluding hydrogens is 383 g/mol. The third-order valence-electron chi connectivity index (χ3n) is 4.40. The number of nitrogens with zero attached hydrogens (tertiary/aromatic N) is 1. The van der Waals surface area contributed by atoms with Gasteiger partial charge < -0.3 is 10.3 Å². The van der Waals surface area contributed by atoms with Crippen molar-refractivity contribution in [3.8, 4) is 0 Å². The van der Waals surface area contributed by atoms with E-state index in [1.54, 1.807) is 12.1 Å². The Balaban J connectivity index is 2.04. The van der Waals surface area contributed by atoms with Crippen molar-refractivity contribution in [2.75, 3.05) is 0 Å². The highest BCUT2D eigenvalue weighted by Crippen LogP contribution is 2.33. The lowest BCUT2D eigenvalue weighted by Gasteiger charge is -2.10. The van der Waals surface area contributed by atoms with E-state index in [1.165, 1.54) is 12.1 Å². The molecule has 4 rings (SSSR count). The van der Waals surface area contributed by atoms with Gasteiger partial charge in [0, 0.05) is 32.9 Å². The maximum Gasteiger partial charge on any atom is 0.249 e. The van der Waals surface area contributed by atoms with Crippen LogP contribution in [0.5, 0.6) is 0 Å². The molecule has 0 saturated carbocycles. The van der Waals surface area contributed by atoms with Gasteiger partial charge in [-0.1, -0.05) is 40.2 Å². The van der Waals surface area contributed by atoms with E-state index in [2.05, 4.69) is 20.5 Å². The normalized spacial score (nSPS) is 11.3. The zero-order chi connectivity index (χ0) is 17.6. The molecule has 0 spiro atoms. The SMILES string of the molecule is NC(=O)c1cccc2c1c1ccccc1n2Cc1cc(F)ccc1Br. The molecule has 25 heavy (non-hydrogen) atoms. The van der Waals surface area contributed by atoms with E-state index >= 15 is 0 Å². The molecular formula is C20H14BrFN2O. The van der Waals surface area contributed by atoms with Crippen molar-refractivity contribution in [3.05, 3.63) is 82.1 Å². The van der Waals surface area contributed by atoms with E-state index in [0.717, 1.165) is 31.8 Å². The van der Waals surface area contributed by atoms with E-state index in [0.29, 0.717) is 12.1 Å². The van der Waals surface area contributed by atoms with E-state index in [4.69, 9.17) is 5.73 Å². The number of benzene rings is 3. The van der Waals surface area contributed by atoms with E-state index in [-0.39, 0.29) is 5.82 Å². The molecule has 1 aromatic heterocycles. The summed E-state index contributed by atoms with van der Waals surface area (Å²) in [7, 11) is 0. The minimum Gasteiger partial charge on any atom is -0.366 e. The molecule has 0 atom stereocenters. The molecule has 0 fully saturated rings. The standard InChI is InChI=1S/C20H14BrFN2O/c21-16-9-8-13(22)10-12(16)11-24-17-6-2-1-4-14(17)19-15(20(23)25)5-3-7-18(19)24/h1-10H,11H2,(H2,23,25). The summed E-state index contributed by atoms with van der Waals surface area (Å²) in [6.45, 7) is 0.477. The topological polar surface area (TPSA) is 48.0 Å². The highest BCUT2D eigenvalue weighted by molar-refractivity contribution is 9.10. The molecule has 1 heterocycles. The highest BCUT2D eigenvalue weighted by atomic mass is 79.9. The fraction of sp³-hybridized carbons (Fsp3) is 0.0500. The Morgan fingerprint density at radius 2 is 1.80 bits per heavy atom. The Labute approximate surface area is 152 Å². The first-order chi connectivity index (χ1) is 12.1. The lowest BCUT2D eigenvalue weighted by atomic mass is 10.1. The molecule has 0 saturated heterocycles. The number of nitrogens with two attached hydrogens (primary N) is 1. The molecule has 4 aromatic rings. The van der Waals surface area contributed by atoms with E-state index in [1.807, 2.05) is 36.4 Å². The lowest BCUT2D eigenvalue weighted by molar-refractivity contribution is 0.100. The van der Waals surface area contributed by atoms with Gasteiger partial charge in [-0.25, -0.2) is 4.39 Å². The summed E-state index contributed by atoms with van der Waals surface area (Å²) in [6.07, 6.45) is 0. The van der Waals surface area contributed by atoms with E-state index < -0.39 is 5.91 Å². The van der Waals surface area contributed by atoms with Crippen molar-refractivity contribution in [1.82, 2.24) is 4.57 Å². The van der Waals surface area contributed by atoms with Crippen LogP contribution in [-0.4, -0.2) is 10.5 Å².